The second-order valence-corrected chi connectivity index (χ2v) is 5.49. The summed E-state index contributed by atoms with van der Waals surface area (Å²) in [6.07, 6.45) is 0. The van der Waals surface area contributed by atoms with Gasteiger partial charge in [-0.05, 0) is 18.2 Å². The van der Waals surface area contributed by atoms with Crippen LogP contribution in [0, 0.1) is 10.1 Å². The van der Waals surface area contributed by atoms with Gasteiger partial charge >= 0.3 is 0 Å². The van der Waals surface area contributed by atoms with Crippen LogP contribution in [0.4, 0.5) is 5.69 Å². The highest BCUT2D eigenvalue weighted by atomic mass is 16.6. The van der Waals surface area contributed by atoms with E-state index in [0.717, 1.165) is 16.8 Å². The molecule has 19 heavy (non-hydrogen) atoms. The molecule has 1 heterocycles. The van der Waals surface area contributed by atoms with Crippen LogP contribution >= 0.6 is 0 Å². The second-order valence-electron chi connectivity index (χ2n) is 5.49. The molecule has 0 unspecified atom stereocenters. The summed E-state index contributed by atoms with van der Waals surface area (Å²) in [4.78, 5) is 10.6. The van der Waals surface area contributed by atoms with Gasteiger partial charge in [0.2, 0.25) is 0 Å². The summed E-state index contributed by atoms with van der Waals surface area (Å²) >= 11 is 0. The van der Waals surface area contributed by atoms with Crippen LogP contribution in [0.15, 0.2) is 40.8 Å². The van der Waals surface area contributed by atoms with Gasteiger partial charge in [0.25, 0.3) is 5.69 Å². The fourth-order valence-electron chi connectivity index (χ4n) is 1.92. The molecule has 5 heteroatoms. The van der Waals surface area contributed by atoms with E-state index in [2.05, 4.69) is 21.1 Å². The van der Waals surface area contributed by atoms with Crippen molar-refractivity contribution in [2.45, 2.75) is 6.54 Å². The van der Waals surface area contributed by atoms with Crippen LogP contribution in [-0.4, -0.2) is 30.5 Å². The monoisotopic (exact) mass is 261 g/mol. The highest BCUT2D eigenvalue weighted by Gasteiger charge is 2.18. The van der Waals surface area contributed by atoms with Gasteiger partial charge in [-0.1, -0.05) is 12.1 Å². The summed E-state index contributed by atoms with van der Waals surface area (Å²) in [5.41, 5.74) is 0.578. The number of nitrogens with zero attached hydrogens (tertiary/aromatic N) is 2. The Morgan fingerprint density at radius 3 is 2.47 bits per heavy atom. The van der Waals surface area contributed by atoms with E-state index in [1.807, 2.05) is 6.07 Å². The van der Waals surface area contributed by atoms with Gasteiger partial charge < -0.3 is 8.90 Å². The fraction of sp³-hybridized carbons (Fsp3) is 0.286. The molecular weight excluding hydrogens is 244 g/mol. The van der Waals surface area contributed by atoms with Gasteiger partial charge in [0, 0.05) is 6.07 Å². The van der Waals surface area contributed by atoms with Gasteiger partial charge in [-0.3, -0.25) is 10.1 Å². The first kappa shape index (κ1) is 13.3. The lowest BCUT2D eigenvalue weighted by atomic mass is 10.1. The SMILES string of the molecule is C[N+](C)(C)Cc1ccc(-c2ccccc2[N+](=O)[O-])o1. The fourth-order valence-corrected chi connectivity index (χ4v) is 1.92. The predicted molar refractivity (Wildman–Crippen MR) is 72.5 cm³/mol. The summed E-state index contributed by atoms with van der Waals surface area (Å²) < 4.78 is 6.46. The molecule has 5 nitrogen and oxygen atoms in total. The molecule has 100 valence electrons. The van der Waals surface area contributed by atoms with Crippen molar-refractivity contribution in [2.24, 2.45) is 0 Å². The Hall–Kier alpha value is -2.14. The first-order valence-corrected chi connectivity index (χ1v) is 6.00. The molecule has 1 aromatic heterocycles. The standard InChI is InChI=1S/C14H17N2O3/c1-16(2,3)10-11-8-9-14(19-11)12-6-4-5-7-13(12)15(17)18/h4-9H,10H2,1-3H3/q+1. The van der Waals surface area contributed by atoms with Crippen LogP contribution in [-0.2, 0) is 6.54 Å². The molecule has 0 N–H and O–H groups in total. The Morgan fingerprint density at radius 2 is 1.84 bits per heavy atom. The summed E-state index contributed by atoms with van der Waals surface area (Å²) in [6, 6.07) is 10.3. The first-order chi connectivity index (χ1) is 8.87. The van der Waals surface area contributed by atoms with E-state index < -0.39 is 4.92 Å². The number of hydrogen-bond donors (Lipinski definition) is 0. The van der Waals surface area contributed by atoms with Crippen molar-refractivity contribution in [1.29, 1.82) is 0 Å². The Bertz CT molecular complexity index is 597. The van der Waals surface area contributed by atoms with Gasteiger partial charge in [-0.25, -0.2) is 0 Å². The smallest absolute Gasteiger partial charge is 0.280 e. The topological polar surface area (TPSA) is 56.3 Å². The molecule has 0 bridgehead atoms. The van der Waals surface area contributed by atoms with Crippen molar-refractivity contribution in [3.05, 3.63) is 52.3 Å². The molecule has 1 aromatic carbocycles. The molecule has 0 radical (unpaired) electrons. The van der Waals surface area contributed by atoms with Crippen LogP contribution in [0.5, 0.6) is 0 Å². The number of nitro benzene ring substituents is 1. The molecule has 0 saturated heterocycles. The number of hydrogen-bond acceptors (Lipinski definition) is 3. The van der Waals surface area contributed by atoms with E-state index in [9.17, 15) is 10.1 Å². The van der Waals surface area contributed by atoms with Gasteiger partial charge in [-0.2, -0.15) is 0 Å². The quantitative estimate of drug-likeness (QED) is 0.483. The van der Waals surface area contributed by atoms with Gasteiger partial charge in [0.1, 0.15) is 12.3 Å². The predicted octanol–water partition coefficient (Wildman–Crippen LogP) is 3.06. The first-order valence-electron chi connectivity index (χ1n) is 6.00. The zero-order chi connectivity index (χ0) is 14.0. The van der Waals surface area contributed by atoms with Crippen molar-refractivity contribution in [3.63, 3.8) is 0 Å². The van der Waals surface area contributed by atoms with Crippen molar-refractivity contribution < 1.29 is 13.8 Å². The molecule has 2 rings (SSSR count). The number of rotatable bonds is 4. The van der Waals surface area contributed by atoms with E-state index in [1.54, 1.807) is 24.3 Å². The van der Waals surface area contributed by atoms with Gasteiger partial charge in [0.05, 0.1) is 31.6 Å². The Kier molecular flexibility index (Phi) is 3.40. The zero-order valence-corrected chi connectivity index (χ0v) is 11.3. The van der Waals surface area contributed by atoms with Crippen LogP contribution in [0.3, 0.4) is 0 Å². The molecular formula is C14H17N2O3+. The number of para-hydroxylation sites is 1. The van der Waals surface area contributed by atoms with E-state index >= 15 is 0 Å². The molecule has 0 aliphatic carbocycles. The van der Waals surface area contributed by atoms with Crippen molar-refractivity contribution in [2.75, 3.05) is 21.1 Å². The number of nitro groups is 1. The highest BCUT2D eigenvalue weighted by Crippen LogP contribution is 2.31. The maximum atomic E-state index is 11.0. The Balaban J connectivity index is 2.36. The number of quaternary nitrogens is 1. The average Bonchev–Trinajstić information content (AvgIpc) is 2.75. The normalized spacial score (nSPS) is 11.5. The van der Waals surface area contributed by atoms with E-state index in [1.165, 1.54) is 6.07 Å². The van der Waals surface area contributed by atoms with E-state index in [-0.39, 0.29) is 5.69 Å². The molecule has 0 saturated carbocycles. The molecule has 0 amide bonds. The minimum Gasteiger partial charge on any atom is -0.455 e. The lowest BCUT2D eigenvalue weighted by molar-refractivity contribution is -0.884. The molecule has 0 spiro atoms. The van der Waals surface area contributed by atoms with Crippen molar-refractivity contribution >= 4 is 5.69 Å². The van der Waals surface area contributed by atoms with Gasteiger partial charge in [-0.15, -0.1) is 0 Å². The molecule has 0 aliphatic rings. The lowest BCUT2D eigenvalue weighted by Gasteiger charge is -2.22. The lowest BCUT2D eigenvalue weighted by Crippen LogP contribution is -2.33. The summed E-state index contributed by atoms with van der Waals surface area (Å²) in [5.74, 6) is 1.36. The molecule has 0 atom stereocenters. The average molecular weight is 261 g/mol. The Morgan fingerprint density at radius 1 is 1.16 bits per heavy atom. The van der Waals surface area contributed by atoms with Crippen molar-refractivity contribution in [1.82, 2.24) is 0 Å². The van der Waals surface area contributed by atoms with Crippen LogP contribution in [0.2, 0.25) is 0 Å². The maximum absolute atomic E-state index is 11.0. The molecule has 2 aromatic rings. The van der Waals surface area contributed by atoms with E-state index in [0.29, 0.717) is 11.3 Å². The molecule has 0 fully saturated rings. The highest BCUT2D eigenvalue weighted by molar-refractivity contribution is 5.69. The third kappa shape index (κ3) is 3.20. The second kappa shape index (κ2) is 4.85. The number of benzene rings is 1. The van der Waals surface area contributed by atoms with Gasteiger partial charge in [0.15, 0.2) is 5.76 Å². The number of furan rings is 1. The summed E-state index contributed by atoms with van der Waals surface area (Å²) in [5, 5.41) is 11.0. The third-order valence-corrected chi connectivity index (χ3v) is 2.66. The van der Waals surface area contributed by atoms with Crippen molar-refractivity contribution in [3.8, 4) is 11.3 Å². The van der Waals surface area contributed by atoms with E-state index in [4.69, 9.17) is 4.42 Å². The molecule has 0 aliphatic heterocycles. The Labute approximate surface area is 111 Å². The summed E-state index contributed by atoms with van der Waals surface area (Å²) in [6.45, 7) is 0.737. The minimum atomic E-state index is -0.392. The zero-order valence-electron chi connectivity index (χ0n) is 11.3. The van der Waals surface area contributed by atoms with Crippen LogP contribution < -0.4 is 0 Å². The minimum absolute atomic E-state index is 0.0636. The maximum Gasteiger partial charge on any atom is 0.280 e. The summed E-state index contributed by atoms with van der Waals surface area (Å²) in [7, 11) is 6.19. The van der Waals surface area contributed by atoms with Crippen LogP contribution in [0.1, 0.15) is 5.76 Å². The third-order valence-electron chi connectivity index (χ3n) is 2.66. The largest absolute Gasteiger partial charge is 0.455 e. The van der Waals surface area contributed by atoms with Crippen LogP contribution in [0.25, 0.3) is 11.3 Å².